The molecule has 18 heavy (non-hydrogen) atoms. The number of hydrogen-bond donors (Lipinski definition) is 3. The molecule has 0 aliphatic carbocycles. The predicted molar refractivity (Wildman–Crippen MR) is 64.9 cm³/mol. The summed E-state index contributed by atoms with van der Waals surface area (Å²) in [7, 11) is 0. The lowest BCUT2D eigenvalue weighted by Gasteiger charge is -2.19. The second-order valence-electron chi connectivity index (χ2n) is 4.14. The van der Waals surface area contributed by atoms with Crippen LogP contribution in [-0.2, 0) is 16.1 Å². The number of carboxylic acid groups (broad SMARTS) is 1. The molecule has 1 atom stereocenters. The fraction of sp³-hybridized carbons (Fsp3) is 0.333. The Balaban J connectivity index is 2.33. The van der Waals surface area contributed by atoms with Crippen molar-refractivity contribution in [3.05, 3.63) is 35.9 Å². The molecule has 0 aliphatic heterocycles. The zero-order valence-electron chi connectivity index (χ0n) is 10.1. The molecule has 0 aliphatic rings. The Morgan fingerprint density at radius 2 is 2.00 bits per heavy atom. The zero-order valence-corrected chi connectivity index (χ0v) is 10.1. The standard InChI is InChI=1S/C12H16N2O4/c1-12(13,10(15)16)8-14-11(17)18-7-9-5-3-2-4-6-9/h2-6H,7-8,13H2,1H3,(H,14,17)(H,15,16). The van der Waals surface area contributed by atoms with Crippen LogP contribution in [0.4, 0.5) is 4.79 Å². The van der Waals surface area contributed by atoms with E-state index in [0.717, 1.165) is 5.56 Å². The first kappa shape index (κ1) is 14.0. The molecule has 0 fully saturated rings. The van der Waals surface area contributed by atoms with Crippen molar-refractivity contribution in [3.63, 3.8) is 0 Å². The van der Waals surface area contributed by atoms with Crippen molar-refractivity contribution in [1.29, 1.82) is 0 Å². The van der Waals surface area contributed by atoms with E-state index in [1.54, 1.807) is 0 Å². The van der Waals surface area contributed by atoms with Gasteiger partial charge in [0.15, 0.2) is 0 Å². The van der Waals surface area contributed by atoms with Crippen molar-refractivity contribution in [2.24, 2.45) is 5.73 Å². The van der Waals surface area contributed by atoms with Crippen LogP contribution in [0.15, 0.2) is 30.3 Å². The summed E-state index contributed by atoms with van der Waals surface area (Å²) >= 11 is 0. The van der Waals surface area contributed by atoms with Crippen molar-refractivity contribution in [2.45, 2.75) is 19.1 Å². The third-order valence-corrected chi connectivity index (χ3v) is 2.30. The fourth-order valence-corrected chi connectivity index (χ4v) is 1.11. The summed E-state index contributed by atoms with van der Waals surface area (Å²) in [5.41, 5.74) is 4.79. The van der Waals surface area contributed by atoms with Crippen LogP contribution in [0, 0.1) is 0 Å². The Bertz CT molecular complexity index is 417. The molecule has 1 unspecified atom stereocenters. The topological polar surface area (TPSA) is 102 Å². The van der Waals surface area contributed by atoms with E-state index in [-0.39, 0.29) is 13.2 Å². The molecule has 0 radical (unpaired) electrons. The number of carbonyl (C=O) groups is 2. The van der Waals surface area contributed by atoms with Gasteiger partial charge in [0, 0.05) is 6.54 Å². The maximum Gasteiger partial charge on any atom is 0.407 e. The number of benzene rings is 1. The molecule has 0 heterocycles. The first-order valence-electron chi connectivity index (χ1n) is 5.38. The third kappa shape index (κ3) is 4.42. The monoisotopic (exact) mass is 252 g/mol. The molecule has 0 aromatic heterocycles. The lowest BCUT2D eigenvalue weighted by Crippen LogP contribution is -2.53. The van der Waals surface area contributed by atoms with E-state index in [4.69, 9.17) is 15.6 Å². The van der Waals surface area contributed by atoms with Gasteiger partial charge in [-0.05, 0) is 12.5 Å². The van der Waals surface area contributed by atoms with Crippen LogP contribution in [0.1, 0.15) is 12.5 Å². The van der Waals surface area contributed by atoms with Gasteiger partial charge in [-0.25, -0.2) is 4.79 Å². The average molecular weight is 252 g/mol. The molecule has 0 spiro atoms. The van der Waals surface area contributed by atoms with Crippen LogP contribution in [0.25, 0.3) is 0 Å². The minimum absolute atomic E-state index is 0.126. The van der Waals surface area contributed by atoms with E-state index in [0.29, 0.717) is 0 Å². The summed E-state index contributed by atoms with van der Waals surface area (Å²) in [5.74, 6) is -1.19. The summed E-state index contributed by atoms with van der Waals surface area (Å²) in [4.78, 5) is 22.0. The van der Waals surface area contributed by atoms with Crippen molar-refractivity contribution >= 4 is 12.1 Å². The number of hydrogen-bond acceptors (Lipinski definition) is 4. The molecule has 0 bridgehead atoms. The van der Waals surface area contributed by atoms with Gasteiger partial charge in [0.1, 0.15) is 12.1 Å². The molecule has 1 aromatic carbocycles. The molecule has 4 N–H and O–H groups in total. The highest BCUT2D eigenvalue weighted by Gasteiger charge is 2.28. The molecule has 1 aromatic rings. The number of alkyl carbamates (subject to hydrolysis) is 1. The Morgan fingerprint density at radius 3 is 2.56 bits per heavy atom. The Morgan fingerprint density at radius 1 is 1.39 bits per heavy atom. The summed E-state index contributed by atoms with van der Waals surface area (Å²) in [5, 5.41) is 11.1. The minimum Gasteiger partial charge on any atom is -0.480 e. The summed E-state index contributed by atoms with van der Waals surface area (Å²) in [6.45, 7) is 1.24. The van der Waals surface area contributed by atoms with E-state index in [2.05, 4.69) is 5.32 Å². The second-order valence-corrected chi connectivity index (χ2v) is 4.14. The van der Waals surface area contributed by atoms with Gasteiger partial charge in [0.2, 0.25) is 0 Å². The van der Waals surface area contributed by atoms with Crippen LogP contribution in [-0.4, -0.2) is 29.3 Å². The number of nitrogens with one attached hydrogen (secondary N) is 1. The number of nitrogens with two attached hydrogens (primary N) is 1. The number of carbonyl (C=O) groups excluding carboxylic acids is 1. The van der Waals surface area contributed by atoms with Crippen molar-refractivity contribution < 1.29 is 19.4 Å². The second kappa shape index (κ2) is 6.02. The zero-order chi connectivity index (χ0) is 13.6. The molecular formula is C12H16N2O4. The van der Waals surface area contributed by atoms with Gasteiger partial charge < -0.3 is 20.9 Å². The van der Waals surface area contributed by atoms with Crippen molar-refractivity contribution in [2.75, 3.05) is 6.54 Å². The van der Waals surface area contributed by atoms with E-state index >= 15 is 0 Å². The lowest BCUT2D eigenvalue weighted by molar-refractivity contribution is -0.142. The largest absolute Gasteiger partial charge is 0.480 e. The van der Waals surface area contributed by atoms with Gasteiger partial charge in [-0.15, -0.1) is 0 Å². The smallest absolute Gasteiger partial charge is 0.407 e. The predicted octanol–water partition coefficient (Wildman–Crippen LogP) is 0.715. The van der Waals surface area contributed by atoms with Crippen molar-refractivity contribution in [3.8, 4) is 0 Å². The van der Waals surface area contributed by atoms with Crippen LogP contribution >= 0.6 is 0 Å². The number of rotatable bonds is 5. The van der Waals surface area contributed by atoms with Crippen LogP contribution in [0.3, 0.4) is 0 Å². The molecule has 0 saturated carbocycles. The Kier molecular flexibility index (Phi) is 4.67. The van der Waals surface area contributed by atoms with Crippen LogP contribution in [0.5, 0.6) is 0 Å². The summed E-state index contributed by atoms with van der Waals surface area (Å²) < 4.78 is 4.90. The third-order valence-electron chi connectivity index (χ3n) is 2.30. The van der Waals surface area contributed by atoms with E-state index < -0.39 is 17.6 Å². The number of ether oxygens (including phenoxy) is 1. The molecular weight excluding hydrogens is 236 g/mol. The minimum atomic E-state index is -1.51. The first-order chi connectivity index (χ1) is 8.42. The van der Waals surface area contributed by atoms with Gasteiger partial charge in [0.05, 0.1) is 0 Å². The highest BCUT2D eigenvalue weighted by atomic mass is 16.5. The van der Waals surface area contributed by atoms with Crippen LogP contribution in [0.2, 0.25) is 0 Å². The van der Waals surface area contributed by atoms with Gasteiger partial charge >= 0.3 is 12.1 Å². The molecule has 1 rings (SSSR count). The maximum atomic E-state index is 11.3. The van der Waals surface area contributed by atoms with E-state index in [1.165, 1.54) is 6.92 Å². The number of carboxylic acids is 1. The van der Waals surface area contributed by atoms with Gasteiger partial charge in [-0.1, -0.05) is 30.3 Å². The number of amides is 1. The molecule has 6 heteroatoms. The van der Waals surface area contributed by atoms with Crippen LogP contribution < -0.4 is 11.1 Å². The highest BCUT2D eigenvalue weighted by molar-refractivity contribution is 5.79. The molecule has 98 valence electrons. The van der Waals surface area contributed by atoms with Crippen molar-refractivity contribution in [1.82, 2.24) is 5.32 Å². The summed E-state index contributed by atoms with van der Waals surface area (Å²) in [6.07, 6.45) is -0.697. The SMILES string of the molecule is CC(N)(CNC(=O)OCc1ccccc1)C(=O)O. The van der Waals surface area contributed by atoms with Gasteiger partial charge in [-0.2, -0.15) is 0 Å². The maximum absolute atomic E-state index is 11.3. The fourth-order valence-electron chi connectivity index (χ4n) is 1.11. The highest BCUT2D eigenvalue weighted by Crippen LogP contribution is 2.01. The lowest BCUT2D eigenvalue weighted by atomic mass is 10.1. The Labute approximate surface area is 105 Å². The van der Waals surface area contributed by atoms with E-state index in [1.807, 2.05) is 30.3 Å². The molecule has 1 amide bonds. The molecule has 0 saturated heterocycles. The average Bonchev–Trinajstić information content (AvgIpc) is 2.35. The summed E-state index contributed by atoms with van der Waals surface area (Å²) in [6, 6.07) is 9.15. The van der Waals surface area contributed by atoms with E-state index in [9.17, 15) is 9.59 Å². The Hall–Kier alpha value is -2.08. The number of aliphatic carboxylic acids is 1. The van der Waals surface area contributed by atoms with Gasteiger partial charge in [-0.3, -0.25) is 4.79 Å². The normalized spacial score (nSPS) is 13.4. The van der Waals surface area contributed by atoms with Gasteiger partial charge in [0.25, 0.3) is 0 Å². The quantitative estimate of drug-likeness (QED) is 0.716. The molecule has 6 nitrogen and oxygen atoms in total. The first-order valence-corrected chi connectivity index (χ1v) is 5.38.